The van der Waals surface area contributed by atoms with Gasteiger partial charge in [-0.1, -0.05) is 45.7 Å². The minimum atomic E-state index is 0.255. The molecule has 1 N–H and O–H groups in total. The minimum Gasteiger partial charge on any atom is -0.379 e. The average molecular weight is 379 g/mol. The molecule has 1 aromatic rings. The second kappa shape index (κ2) is 9.08. The molecular weight excluding hydrogens is 358 g/mol. The van der Waals surface area contributed by atoms with Crippen molar-refractivity contribution in [3.63, 3.8) is 0 Å². The Labute approximate surface area is 127 Å². The van der Waals surface area contributed by atoms with Gasteiger partial charge in [-0.15, -0.1) is 0 Å². The van der Waals surface area contributed by atoms with Gasteiger partial charge >= 0.3 is 0 Å². The Morgan fingerprint density at radius 2 is 1.78 bits per heavy atom. The fourth-order valence-corrected chi connectivity index (χ4v) is 3.04. The van der Waals surface area contributed by atoms with Crippen LogP contribution in [0.15, 0.2) is 27.1 Å². The van der Waals surface area contributed by atoms with Crippen molar-refractivity contribution >= 4 is 31.9 Å². The summed E-state index contributed by atoms with van der Waals surface area (Å²) in [4.78, 5) is 0. The zero-order valence-corrected chi connectivity index (χ0v) is 14.2. The highest BCUT2D eigenvalue weighted by Gasteiger charge is 2.12. The van der Waals surface area contributed by atoms with Crippen LogP contribution in [-0.2, 0) is 4.74 Å². The number of rotatable bonds is 8. The lowest BCUT2D eigenvalue weighted by atomic mass is 10.1. The summed E-state index contributed by atoms with van der Waals surface area (Å²) in [7, 11) is 0. The van der Waals surface area contributed by atoms with E-state index in [0.717, 1.165) is 41.5 Å². The van der Waals surface area contributed by atoms with Gasteiger partial charge in [0.25, 0.3) is 0 Å². The maximum atomic E-state index is 5.68. The van der Waals surface area contributed by atoms with Crippen LogP contribution in [0.4, 0.5) is 0 Å². The second-order valence-corrected chi connectivity index (χ2v) is 6.12. The van der Waals surface area contributed by atoms with E-state index >= 15 is 0 Å². The molecule has 0 bridgehead atoms. The highest BCUT2D eigenvalue weighted by molar-refractivity contribution is 9.11. The number of benzene rings is 1. The maximum Gasteiger partial charge on any atom is 0.0661 e. The normalized spacial score (nSPS) is 12.7. The summed E-state index contributed by atoms with van der Waals surface area (Å²) in [5.74, 6) is 0. The first-order valence-electron chi connectivity index (χ1n) is 6.44. The third kappa shape index (κ3) is 5.83. The highest BCUT2D eigenvalue weighted by Crippen LogP contribution is 2.24. The van der Waals surface area contributed by atoms with Crippen molar-refractivity contribution in [1.29, 1.82) is 0 Å². The Hall–Kier alpha value is 0.1000. The number of hydrogen-bond acceptors (Lipinski definition) is 2. The van der Waals surface area contributed by atoms with Gasteiger partial charge in [0.1, 0.15) is 0 Å². The molecule has 0 spiro atoms. The summed E-state index contributed by atoms with van der Waals surface area (Å²) in [5, 5.41) is 3.53. The van der Waals surface area contributed by atoms with Crippen LogP contribution in [-0.4, -0.2) is 19.8 Å². The lowest BCUT2D eigenvalue weighted by Crippen LogP contribution is -2.26. The molecule has 102 valence electrons. The number of ether oxygens (including phenoxy) is 1. The molecule has 1 unspecified atom stereocenters. The molecule has 0 aliphatic rings. The summed E-state index contributed by atoms with van der Waals surface area (Å²) in [6.07, 6.45) is 2.18. The van der Waals surface area contributed by atoms with Crippen LogP contribution < -0.4 is 5.32 Å². The maximum absolute atomic E-state index is 5.68. The van der Waals surface area contributed by atoms with E-state index in [1.807, 2.05) is 6.07 Å². The van der Waals surface area contributed by atoms with Gasteiger partial charge in [-0.3, -0.25) is 0 Å². The molecule has 0 heterocycles. The van der Waals surface area contributed by atoms with Crippen LogP contribution in [0.1, 0.15) is 38.3 Å². The standard InChI is InChI=1S/C14H21Br2NO/c1-3-5-17-14(10-18-6-4-2)11-7-12(15)9-13(16)8-11/h7-9,14,17H,3-6,10H2,1-2H3. The van der Waals surface area contributed by atoms with Gasteiger partial charge < -0.3 is 10.1 Å². The summed E-state index contributed by atoms with van der Waals surface area (Å²) in [5.41, 5.74) is 1.25. The van der Waals surface area contributed by atoms with E-state index in [9.17, 15) is 0 Å². The van der Waals surface area contributed by atoms with E-state index in [2.05, 4.69) is 63.2 Å². The monoisotopic (exact) mass is 377 g/mol. The first-order chi connectivity index (χ1) is 8.67. The smallest absolute Gasteiger partial charge is 0.0661 e. The first-order valence-corrected chi connectivity index (χ1v) is 8.03. The minimum absolute atomic E-state index is 0.255. The van der Waals surface area contributed by atoms with E-state index in [1.165, 1.54) is 5.56 Å². The number of hydrogen-bond donors (Lipinski definition) is 1. The highest BCUT2D eigenvalue weighted by atomic mass is 79.9. The van der Waals surface area contributed by atoms with Crippen LogP contribution in [0.2, 0.25) is 0 Å². The van der Waals surface area contributed by atoms with Gasteiger partial charge in [-0.25, -0.2) is 0 Å². The Morgan fingerprint density at radius 3 is 2.33 bits per heavy atom. The Morgan fingerprint density at radius 1 is 1.11 bits per heavy atom. The molecule has 0 aliphatic carbocycles. The molecule has 0 aliphatic heterocycles. The fraction of sp³-hybridized carbons (Fsp3) is 0.571. The molecule has 1 atom stereocenters. The van der Waals surface area contributed by atoms with Gasteiger partial charge in [0.15, 0.2) is 0 Å². The molecule has 0 amide bonds. The largest absolute Gasteiger partial charge is 0.379 e. The molecule has 2 nitrogen and oxygen atoms in total. The van der Waals surface area contributed by atoms with E-state index in [-0.39, 0.29) is 6.04 Å². The van der Waals surface area contributed by atoms with Gasteiger partial charge in [0.05, 0.1) is 12.6 Å². The second-order valence-electron chi connectivity index (χ2n) is 4.28. The fourth-order valence-electron chi connectivity index (χ4n) is 1.71. The third-order valence-electron chi connectivity index (χ3n) is 2.56. The summed E-state index contributed by atoms with van der Waals surface area (Å²) >= 11 is 7.07. The van der Waals surface area contributed by atoms with Crippen molar-refractivity contribution in [2.45, 2.75) is 32.7 Å². The van der Waals surface area contributed by atoms with Crippen molar-refractivity contribution in [2.24, 2.45) is 0 Å². The molecule has 0 radical (unpaired) electrons. The van der Waals surface area contributed by atoms with Crippen molar-refractivity contribution < 1.29 is 4.74 Å². The van der Waals surface area contributed by atoms with Crippen molar-refractivity contribution in [2.75, 3.05) is 19.8 Å². The molecule has 0 aromatic heterocycles. The Kier molecular flexibility index (Phi) is 8.15. The van der Waals surface area contributed by atoms with Crippen LogP contribution in [0.25, 0.3) is 0 Å². The summed E-state index contributed by atoms with van der Waals surface area (Å²) in [6.45, 7) is 6.85. The topological polar surface area (TPSA) is 21.3 Å². The predicted molar refractivity (Wildman–Crippen MR) is 84.0 cm³/mol. The van der Waals surface area contributed by atoms with E-state index in [0.29, 0.717) is 0 Å². The first kappa shape index (κ1) is 16.2. The zero-order chi connectivity index (χ0) is 13.4. The molecule has 0 saturated heterocycles. The summed E-state index contributed by atoms with van der Waals surface area (Å²) in [6, 6.07) is 6.60. The average Bonchev–Trinajstić information content (AvgIpc) is 2.32. The van der Waals surface area contributed by atoms with E-state index < -0.39 is 0 Å². The van der Waals surface area contributed by atoms with Crippen LogP contribution in [0.5, 0.6) is 0 Å². The number of nitrogens with one attached hydrogen (secondary N) is 1. The molecular formula is C14H21Br2NO. The molecule has 4 heteroatoms. The van der Waals surface area contributed by atoms with E-state index in [1.54, 1.807) is 0 Å². The third-order valence-corrected chi connectivity index (χ3v) is 3.48. The zero-order valence-electron chi connectivity index (χ0n) is 11.0. The van der Waals surface area contributed by atoms with Gasteiger partial charge in [-0.2, -0.15) is 0 Å². The van der Waals surface area contributed by atoms with Crippen molar-refractivity contribution in [1.82, 2.24) is 5.32 Å². The molecule has 18 heavy (non-hydrogen) atoms. The van der Waals surface area contributed by atoms with Crippen LogP contribution >= 0.6 is 31.9 Å². The van der Waals surface area contributed by atoms with Gasteiger partial charge in [-0.05, 0) is 43.1 Å². The Balaban J connectivity index is 2.72. The summed E-state index contributed by atoms with van der Waals surface area (Å²) < 4.78 is 7.86. The van der Waals surface area contributed by atoms with E-state index in [4.69, 9.17) is 4.74 Å². The molecule has 1 aromatic carbocycles. The van der Waals surface area contributed by atoms with Crippen LogP contribution in [0.3, 0.4) is 0 Å². The lowest BCUT2D eigenvalue weighted by molar-refractivity contribution is 0.112. The Bertz CT molecular complexity index is 337. The van der Waals surface area contributed by atoms with Crippen molar-refractivity contribution in [3.05, 3.63) is 32.7 Å². The quantitative estimate of drug-likeness (QED) is 0.663. The van der Waals surface area contributed by atoms with Crippen molar-refractivity contribution in [3.8, 4) is 0 Å². The van der Waals surface area contributed by atoms with Gasteiger partial charge in [0, 0.05) is 15.6 Å². The molecule has 0 fully saturated rings. The number of halogens is 2. The van der Waals surface area contributed by atoms with Crippen LogP contribution in [0, 0.1) is 0 Å². The predicted octanol–water partition coefficient (Wildman–Crippen LogP) is 4.68. The van der Waals surface area contributed by atoms with Gasteiger partial charge in [0.2, 0.25) is 0 Å². The SMILES string of the molecule is CCCNC(COCCC)c1cc(Br)cc(Br)c1. The molecule has 0 saturated carbocycles. The lowest BCUT2D eigenvalue weighted by Gasteiger charge is -2.19. The molecule has 1 rings (SSSR count).